The molecule has 3 N–H and O–H groups in total. The zero-order chi connectivity index (χ0) is 16.5. The molecule has 0 saturated heterocycles. The zero-order valence-electron chi connectivity index (χ0n) is 12.8. The number of hydrogen-bond donors (Lipinski definition) is 3. The van der Waals surface area contributed by atoms with Gasteiger partial charge in [-0.3, -0.25) is 10.3 Å². The molecule has 0 fully saturated rings. The molecule has 1 aliphatic heterocycles. The molecule has 1 aromatic heterocycles. The molecule has 1 aromatic rings. The molecule has 0 spiro atoms. The van der Waals surface area contributed by atoms with Crippen LogP contribution in [0.25, 0.3) is 0 Å². The Kier molecular flexibility index (Phi) is 6.33. The minimum atomic E-state index is -0.369. The van der Waals surface area contributed by atoms with Crippen LogP contribution in [0.5, 0.6) is 0 Å². The lowest BCUT2D eigenvalue weighted by Gasteiger charge is -2.26. The summed E-state index contributed by atoms with van der Waals surface area (Å²) in [6.07, 6.45) is 11.6. The third kappa shape index (κ3) is 5.57. The number of halogens is 1. The van der Waals surface area contributed by atoms with Crippen LogP contribution in [0, 0.1) is 17.1 Å². The van der Waals surface area contributed by atoms with Crippen LogP contribution in [-0.4, -0.2) is 23.7 Å². The Morgan fingerprint density at radius 1 is 1.52 bits per heavy atom. The van der Waals surface area contributed by atoms with Gasteiger partial charge in [-0.15, -0.1) is 6.58 Å². The molecule has 5 nitrogen and oxygen atoms in total. The van der Waals surface area contributed by atoms with E-state index < -0.39 is 0 Å². The molecule has 2 heterocycles. The fraction of sp³-hybridized carbons (Fsp3) is 0.294. The second-order valence-electron chi connectivity index (χ2n) is 5.21. The van der Waals surface area contributed by atoms with Gasteiger partial charge in [0.15, 0.2) is 0 Å². The maximum Gasteiger partial charge on any atom is 0.143 e. The van der Waals surface area contributed by atoms with Crippen molar-refractivity contribution in [3.05, 3.63) is 60.9 Å². The second-order valence-corrected chi connectivity index (χ2v) is 5.21. The summed E-state index contributed by atoms with van der Waals surface area (Å²) in [5, 5.41) is 18.7. The normalized spacial score (nSPS) is 17.6. The number of hydrogen-bond acceptors (Lipinski definition) is 5. The summed E-state index contributed by atoms with van der Waals surface area (Å²) in [5.41, 5.74) is 1.26. The van der Waals surface area contributed by atoms with E-state index in [1.165, 1.54) is 12.3 Å². The highest BCUT2D eigenvalue weighted by molar-refractivity contribution is 5.40. The Morgan fingerprint density at radius 3 is 3.13 bits per heavy atom. The van der Waals surface area contributed by atoms with Crippen molar-refractivity contribution in [2.45, 2.75) is 25.0 Å². The molecule has 0 bridgehead atoms. The third-order valence-electron chi connectivity index (χ3n) is 3.41. The number of dihydropyridines is 1. The molecule has 1 aliphatic rings. The first-order valence-electron chi connectivity index (χ1n) is 7.47. The van der Waals surface area contributed by atoms with E-state index in [1.54, 1.807) is 18.5 Å². The van der Waals surface area contributed by atoms with Crippen molar-refractivity contribution >= 4 is 5.69 Å². The molecule has 0 aromatic carbocycles. The number of allylic oxidation sites excluding steroid dienone is 3. The van der Waals surface area contributed by atoms with Gasteiger partial charge in [0.1, 0.15) is 5.82 Å². The summed E-state index contributed by atoms with van der Waals surface area (Å²) in [5.74, 6) is -0.369. The van der Waals surface area contributed by atoms with E-state index in [0.29, 0.717) is 17.8 Å². The second kappa shape index (κ2) is 8.71. The molecule has 0 radical (unpaired) electrons. The van der Waals surface area contributed by atoms with Crippen molar-refractivity contribution in [3.63, 3.8) is 0 Å². The molecule has 0 aliphatic carbocycles. The molecule has 2 rings (SSSR count). The summed E-state index contributed by atoms with van der Waals surface area (Å²) in [6.45, 7) is 4.35. The van der Waals surface area contributed by atoms with E-state index in [1.807, 2.05) is 12.2 Å². The van der Waals surface area contributed by atoms with E-state index in [4.69, 9.17) is 5.26 Å². The highest BCUT2D eigenvalue weighted by Crippen LogP contribution is 2.09. The van der Waals surface area contributed by atoms with Crippen LogP contribution in [0.4, 0.5) is 10.1 Å². The SMILES string of the molecule is C=CCCC(CNc1cncc(F)c1)NC1C=C(C#N)C=CN1. The summed E-state index contributed by atoms with van der Waals surface area (Å²) >= 11 is 0. The highest BCUT2D eigenvalue weighted by atomic mass is 19.1. The van der Waals surface area contributed by atoms with E-state index in [9.17, 15) is 4.39 Å². The van der Waals surface area contributed by atoms with E-state index in [0.717, 1.165) is 12.8 Å². The molecule has 6 heteroatoms. The molecular formula is C17H20FN5. The summed E-state index contributed by atoms with van der Waals surface area (Å²) in [4.78, 5) is 3.82. The van der Waals surface area contributed by atoms with Gasteiger partial charge < -0.3 is 10.6 Å². The van der Waals surface area contributed by atoms with Crippen LogP contribution in [0.15, 0.2) is 55.0 Å². The molecule has 2 unspecified atom stereocenters. The molecule has 23 heavy (non-hydrogen) atoms. The topological polar surface area (TPSA) is 72.8 Å². The van der Waals surface area contributed by atoms with E-state index >= 15 is 0 Å². The number of aromatic nitrogens is 1. The molecule has 0 amide bonds. The number of nitrogens with one attached hydrogen (secondary N) is 3. The monoisotopic (exact) mass is 313 g/mol. The van der Waals surface area contributed by atoms with Gasteiger partial charge in [-0.05, 0) is 31.2 Å². The number of pyridine rings is 1. The zero-order valence-corrected chi connectivity index (χ0v) is 12.8. The van der Waals surface area contributed by atoms with Crippen LogP contribution in [0.3, 0.4) is 0 Å². The minimum absolute atomic E-state index is 0.114. The van der Waals surface area contributed by atoms with Gasteiger partial charge in [0.25, 0.3) is 0 Å². The fourth-order valence-corrected chi connectivity index (χ4v) is 2.26. The maximum absolute atomic E-state index is 13.2. The lowest BCUT2D eigenvalue weighted by atomic mass is 10.1. The molecule has 120 valence electrons. The molecule has 0 saturated carbocycles. The Hall–Kier alpha value is -2.65. The lowest BCUT2D eigenvalue weighted by molar-refractivity contribution is 0.436. The average molecular weight is 313 g/mol. The minimum Gasteiger partial charge on any atom is -0.382 e. The lowest BCUT2D eigenvalue weighted by Crippen LogP contribution is -2.48. The first kappa shape index (κ1) is 16.7. The summed E-state index contributed by atoms with van der Waals surface area (Å²) in [7, 11) is 0. The molecule has 2 atom stereocenters. The van der Waals surface area contributed by atoms with Gasteiger partial charge in [-0.2, -0.15) is 5.26 Å². The number of nitriles is 1. The highest BCUT2D eigenvalue weighted by Gasteiger charge is 2.14. The van der Waals surface area contributed by atoms with Crippen LogP contribution in [0.2, 0.25) is 0 Å². The van der Waals surface area contributed by atoms with Crippen molar-refractivity contribution in [3.8, 4) is 6.07 Å². The largest absolute Gasteiger partial charge is 0.382 e. The Bertz CT molecular complexity index is 632. The van der Waals surface area contributed by atoms with Gasteiger partial charge in [-0.25, -0.2) is 4.39 Å². The van der Waals surface area contributed by atoms with Crippen LogP contribution < -0.4 is 16.0 Å². The van der Waals surface area contributed by atoms with Gasteiger partial charge in [0.2, 0.25) is 0 Å². The number of anilines is 1. The standard InChI is InChI=1S/C17H20FN5/c1-2-3-4-15(12-22-16-8-14(18)10-20-11-16)23-17-7-13(9-19)5-6-21-17/h2,5-8,10-11,15,17,21-23H,1,3-4,12H2. The smallest absolute Gasteiger partial charge is 0.143 e. The van der Waals surface area contributed by atoms with Crippen molar-refractivity contribution in [2.75, 3.05) is 11.9 Å². The Labute approximate surface area is 135 Å². The first-order chi connectivity index (χ1) is 11.2. The average Bonchev–Trinajstić information content (AvgIpc) is 2.57. The number of nitrogens with zero attached hydrogens (tertiary/aromatic N) is 2. The van der Waals surface area contributed by atoms with Crippen molar-refractivity contribution in [2.24, 2.45) is 0 Å². The van der Waals surface area contributed by atoms with Crippen LogP contribution in [0.1, 0.15) is 12.8 Å². The maximum atomic E-state index is 13.2. The molecular weight excluding hydrogens is 293 g/mol. The fourth-order valence-electron chi connectivity index (χ4n) is 2.26. The van der Waals surface area contributed by atoms with E-state index in [-0.39, 0.29) is 18.0 Å². The van der Waals surface area contributed by atoms with Crippen molar-refractivity contribution in [1.82, 2.24) is 15.6 Å². The van der Waals surface area contributed by atoms with Gasteiger partial charge in [-0.1, -0.05) is 6.08 Å². The van der Waals surface area contributed by atoms with Crippen LogP contribution in [-0.2, 0) is 0 Å². The summed E-state index contributed by atoms with van der Waals surface area (Å²) < 4.78 is 13.2. The van der Waals surface area contributed by atoms with Gasteiger partial charge in [0, 0.05) is 18.7 Å². The Morgan fingerprint density at radius 2 is 2.39 bits per heavy atom. The third-order valence-corrected chi connectivity index (χ3v) is 3.41. The Balaban J connectivity index is 1.94. The van der Waals surface area contributed by atoms with Crippen LogP contribution >= 0.6 is 0 Å². The van der Waals surface area contributed by atoms with Crippen molar-refractivity contribution in [1.29, 1.82) is 5.26 Å². The predicted molar refractivity (Wildman–Crippen MR) is 88.8 cm³/mol. The van der Waals surface area contributed by atoms with E-state index in [2.05, 4.69) is 33.6 Å². The number of rotatable bonds is 8. The predicted octanol–water partition coefficient (Wildman–Crippen LogP) is 2.45. The van der Waals surface area contributed by atoms with Gasteiger partial charge in [0.05, 0.1) is 35.9 Å². The quantitative estimate of drug-likeness (QED) is 0.643. The summed E-state index contributed by atoms with van der Waals surface area (Å²) in [6, 6.07) is 3.66. The first-order valence-corrected chi connectivity index (χ1v) is 7.47. The van der Waals surface area contributed by atoms with Crippen molar-refractivity contribution < 1.29 is 4.39 Å². The van der Waals surface area contributed by atoms with Gasteiger partial charge >= 0.3 is 0 Å².